The molecule has 0 bridgehead atoms. The van der Waals surface area contributed by atoms with Crippen molar-refractivity contribution < 1.29 is 0 Å². The third kappa shape index (κ3) is 5.04. The summed E-state index contributed by atoms with van der Waals surface area (Å²) in [7, 11) is 0. The number of aliphatic imine (C=N–C) groups is 1. The molecule has 1 aromatic carbocycles. The molecular formula is C20H29N5S. The predicted octanol–water partition coefficient (Wildman–Crippen LogP) is 3.21. The van der Waals surface area contributed by atoms with Crippen molar-refractivity contribution in [3.05, 3.63) is 48.3 Å². The van der Waals surface area contributed by atoms with Crippen molar-refractivity contribution in [2.24, 2.45) is 4.99 Å². The minimum Gasteiger partial charge on any atom is -0.357 e. The summed E-state index contributed by atoms with van der Waals surface area (Å²) < 4.78 is 1.93. The van der Waals surface area contributed by atoms with Gasteiger partial charge in [-0.15, -0.1) is 0 Å². The normalized spacial score (nSPS) is 18.2. The Kier molecular flexibility index (Phi) is 7.00. The van der Waals surface area contributed by atoms with E-state index in [9.17, 15) is 0 Å². The lowest BCUT2D eigenvalue weighted by atomic mass is 10.2. The average Bonchev–Trinajstić information content (AvgIpc) is 3.17. The van der Waals surface area contributed by atoms with Crippen LogP contribution in [0.2, 0.25) is 0 Å². The maximum Gasteiger partial charge on any atom is 0.193 e. The fourth-order valence-corrected chi connectivity index (χ4v) is 4.27. The van der Waals surface area contributed by atoms with Crippen LogP contribution in [0.25, 0.3) is 5.69 Å². The number of nitrogens with one attached hydrogen (secondary N) is 1. The quantitative estimate of drug-likeness (QED) is 0.626. The van der Waals surface area contributed by atoms with E-state index in [1.807, 2.05) is 29.1 Å². The van der Waals surface area contributed by atoms with Crippen molar-refractivity contribution in [1.29, 1.82) is 0 Å². The molecule has 140 valence electrons. The van der Waals surface area contributed by atoms with E-state index in [1.54, 1.807) is 0 Å². The molecule has 1 atom stereocenters. The third-order valence-corrected chi connectivity index (χ3v) is 5.92. The minimum atomic E-state index is 0.719. The first-order chi connectivity index (χ1) is 12.8. The van der Waals surface area contributed by atoms with Gasteiger partial charge in [-0.1, -0.05) is 25.1 Å². The molecule has 3 rings (SSSR count). The molecule has 1 aliphatic heterocycles. The highest BCUT2D eigenvalue weighted by Crippen LogP contribution is 2.21. The summed E-state index contributed by atoms with van der Waals surface area (Å²) in [6, 6.07) is 10.2. The number of rotatable bonds is 6. The summed E-state index contributed by atoms with van der Waals surface area (Å²) in [5.41, 5.74) is 2.31. The number of hydrogen-bond donors (Lipinski definition) is 1. The van der Waals surface area contributed by atoms with E-state index in [4.69, 9.17) is 4.99 Å². The van der Waals surface area contributed by atoms with Crippen molar-refractivity contribution in [2.75, 3.05) is 31.9 Å². The molecule has 1 N–H and O–H groups in total. The highest BCUT2D eigenvalue weighted by molar-refractivity contribution is 8.00. The van der Waals surface area contributed by atoms with Crippen LogP contribution in [0.5, 0.6) is 0 Å². The van der Waals surface area contributed by atoms with Gasteiger partial charge in [-0.05, 0) is 37.5 Å². The molecule has 2 aromatic rings. The van der Waals surface area contributed by atoms with Crippen molar-refractivity contribution in [2.45, 2.75) is 31.9 Å². The van der Waals surface area contributed by atoms with E-state index >= 15 is 0 Å². The molecule has 5 nitrogen and oxygen atoms in total. The number of hydrogen-bond acceptors (Lipinski definition) is 3. The van der Waals surface area contributed by atoms with Crippen LogP contribution in [0, 0.1) is 0 Å². The van der Waals surface area contributed by atoms with Gasteiger partial charge in [0.1, 0.15) is 0 Å². The van der Waals surface area contributed by atoms with Crippen molar-refractivity contribution in [3.63, 3.8) is 0 Å². The predicted molar refractivity (Wildman–Crippen MR) is 111 cm³/mol. The molecule has 26 heavy (non-hydrogen) atoms. The summed E-state index contributed by atoms with van der Waals surface area (Å²) in [6.45, 7) is 8.28. The lowest BCUT2D eigenvalue weighted by molar-refractivity contribution is 0.408. The Labute approximate surface area is 160 Å². The topological polar surface area (TPSA) is 45.5 Å². The molecule has 1 unspecified atom stereocenters. The van der Waals surface area contributed by atoms with Crippen molar-refractivity contribution in [1.82, 2.24) is 20.0 Å². The fraction of sp³-hybridized carbons (Fsp3) is 0.500. The Morgan fingerprint density at radius 3 is 2.92 bits per heavy atom. The molecule has 0 radical (unpaired) electrons. The lowest BCUT2D eigenvalue weighted by Crippen LogP contribution is -2.48. The molecule has 0 spiro atoms. The van der Waals surface area contributed by atoms with Gasteiger partial charge in [-0.2, -0.15) is 16.9 Å². The fourth-order valence-electron chi connectivity index (χ4n) is 3.09. The molecule has 1 aromatic heterocycles. The smallest absolute Gasteiger partial charge is 0.193 e. The van der Waals surface area contributed by atoms with Gasteiger partial charge in [0.25, 0.3) is 0 Å². The van der Waals surface area contributed by atoms with Crippen LogP contribution in [0.1, 0.15) is 25.8 Å². The van der Waals surface area contributed by atoms with Crippen LogP contribution in [-0.4, -0.2) is 57.8 Å². The van der Waals surface area contributed by atoms with Gasteiger partial charge < -0.3 is 10.2 Å². The van der Waals surface area contributed by atoms with Gasteiger partial charge in [-0.3, -0.25) is 4.99 Å². The molecule has 6 heteroatoms. The molecule has 0 aliphatic carbocycles. The summed E-state index contributed by atoms with van der Waals surface area (Å²) in [5, 5.41) is 8.65. The maximum absolute atomic E-state index is 4.87. The summed E-state index contributed by atoms with van der Waals surface area (Å²) in [4.78, 5) is 7.29. The lowest BCUT2D eigenvalue weighted by Gasteiger charge is -2.34. The Balaban J connectivity index is 1.59. The number of benzene rings is 1. The molecule has 1 fully saturated rings. The zero-order chi connectivity index (χ0) is 18.2. The van der Waals surface area contributed by atoms with E-state index in [0.717, 1.165) is 49.5 Å². The van der Waals surface area contributed by atoms with E-state index in [-0.39, 0.29) is 0 Å². The standard InChI is InChI=1S/C20H29N5S/c1-3-19-16-24(12-13-26-19)20(21-4-2)22-11-10-17-14-23-25(15-17)18-8-6-5-7-9-18/h5-9,14-15,19H,3-4,10-13,16H2,1-2H3,(H,21,22). The van der Waals surface area contributed by atoms with Crippen LogP contribution in [0.3, 0.4) is 0 Å². The van der Waals surface area contributed by atoms with Gasteiger partial charge >= 0.3 is 0 Å². The highest BCUT2D eigenvalue weighted by atomic mass is 32.2. The number of guanidine groups is 1. The Bertz CT molecular complexity index is 697. The molecule has 0 saturated carbocycles. The average molecular weight is 372 g/mol. The second-order valence-corrected chi connectivity index (χ2v) is 7.87. The van der Waals surface area contributed by atoms with Crippen molar-refractivity contribution in [3.8, 4) is 5.69 Å². The van der Waals surface area contributed by atoms with E-state index in [1.165, 1.54) is 17.7 Å². The minimum absolute atomic E-state index is 0.719. The molecule has 1 saturated heterocycles. The Morgan fingerprint density at radius 2 is 2.15 bits per heavy atom. The third-order valence-electron chi connectivity index (χ3n) is 4.55. The zero-order valence-corrected chi connectivity index (χ0v) is 16.6. The second-order valence-electron chi connectivity index (χ2n) is 6.46. The van der Waals surface area contributed by atoms with Crippen molar-refractivity contribution >= 4 is 17.7 Å². The van der Waals surface area contributed by atoms with Crippen LogP contribution < -0.4 is 5.32 Å². The van der Waals surface area contributed by atoms with E-state index < -0.39 is 0 Å². The zero-order valence-electron chi connectivity index (χ0n) is 15.8. The number of nitrogens with zero attached hydrogens (tertiary/aromatic N) is 4. The molecule has 2 heterocycles. The molecule has 0 amide bonds. The first-order valence-electron chi connectivity index (χ1n) is 9.54. The van der Waals surface area contributed by atoms with Gasteiger partial charge in [0.05, 0.1) is 11.9 Å². The van der Waals surface area contributed by atoms with Gasteiger partial charge in [0.15, 0.2) is 5.96 Å². The summed E-state index contributed by atoms with van der Waals surface area (Å²) in [6.07, 6.45) is 6.17. The maximum atomic E-state index is 4.87. The van der Waals surface area contributed by atoms with Gasteiger partial charge in [0.2, 0.25) is 0 Å². The van der Waals surface area contributed by atoms with E-state index in [0.29, 0.717) is 0 Å². The largest absolute Gasteiger partial charge is 0.357 e. The van der Waals surface area contributed by atoms with E-state index in [2.05, 4.69) is 59.3 Å². The number of thioether (sulfide) groups is 1. The van der Waals surface area contributed by atoms with Crippen LogP contribution in [-0.2, 0) is 6.42 Å². The Hall–Kier alpha value is -1.95. The first-order valence-corrected chi connectivity index (χ1v) is 10.6. The van der Waals surface area contributed by atoms with Crippen LogP contribution in [0.4, 0.5) is 0 Å². The van der Waals surface area contributed by atoms with Gasteiger partial charge in [-0.25, -0.2) is 4.68 Å². The summed E-state index contributed by atoms with van der Waals surface area (Å²) >= 11 is 2.09. The monoisotopic (exact) mass is 371 g/mol. The number of para-hydroxylation sites is 1. The second kappa shape index (κ2) is 9.67. The number of aromatic nitrogens is 2. The Morgan fingerprint density at radius 1 is 1.31 bits per heavy atom. The highest BCUT2D eigenvalue weighted by Gasteiger charge is 2.21. The molecular weight excluding hydrogens is 342 g/mol. The SMILES string of the molecule is CCNC(=NCCc1cnn(-c2ccccc2)c1)N1CCSC(CC)C1. The first kappa shape index (κ1) is 18.8. The molecule has 1 aliphatic rings. The van der Waals surface area contributed by atoms with Crippen LogP contribution in [0.15, 0.2) is 47.7 Å². The van der Waals surface area contributed by atoms with Gasteiger partial charge in [0, 0.05) is 43.4 Å². The van der Waals surface area contributed by atoms with Crippen LogP contribution >= 0.6 is 11.8 Å². The summed E-state index contributed by atoms with van der Waals surface area (Å²) in [5.74, 6) is 2.24.